The number of rotatable bonds is 3. The monoisotopic (exact) mass is 432 g/mol. The molecule has 1 aliphatic rings. The SMILES string of the molecule is CC1=CC(=O)N(Nc2nc(-c3cccs3)nc3ccc(C#C[Si](C)(C)C)cc23)C1=O. The van der Waals surface area contributed by atoms with Gasteiger partial charge in [0.25, 0.3) is 11.8 Å². The van der Waals surface area contributed by atoms with Crippen LogP contribution < -0.4 is 5.43 Å². The molecule has 0 unspecified atom stereocenters. The summed E-state index contributed by atoms with van der Waals surface area (Å²) in [6.07, 6.45) is 1.31. The van der Waals surface area contributed by atoms with Gasteiger partial charge in [-0.25, -0.2) is 9.97 Å². The topological polar surface area (TPSA) is 75.2 Å². The second-order valence-electron chi connectivity index (χ2n) is 8.02. The average Bonchev–Trinajstić information content (AvgIpc) is 3.30. The summed E-state index contributed by atoms with van der Waals surface area (Å²) in [4.78, 5) is 34.8. The molecule has 1 N–H and O–H groups in total. The molecule has 3 aromatic rings. The molecule has 8 heteroatoms. The van der Waals surface area contributed by atoms with E-state index < -0.39 is 14.0 Å². The number of fused-ring (bicyclic) bond motifs is 1. The van der Waals surface area contributed by atoms with E-state index in [9.17, 15) is 9.59 Å². The van der Waals surface area contributed by atoms with Gasteiger partial charge in [-0.05, 0) is 36.6 Å². The lowest BCUT2D eigenvalue weighted by atomic mass is 10.1. The lowest BCUT2D eigenvalue weighted by Crippen LogP contribution is -2.36. The van der Waals surface area contributed by atoms with Crippen LogP contribution in [0.4, 0.5) is 5.82 Å². The summed E-state index contributed by atoms with van der Waals surface area (Å²) in [7, 11) is -1.53. The number of nitrogens with zero attached hydrogens (tertiary/aromatic N) is 3. The van der Waals surface area contributed by atoms with Crippen LogP contribution in [0.2, 0.25) is 19.6 Å². The zero-order valence-electron chi connectivity index (χ0n) is 17.1. The van der Waals surface area contributed by atoms with Crippen LogP contribution in [0.3, 0.4) is 0 Å². The smallest absolute Gasteiger partial charge is 0.271 e. The van der Waals surface area contributed by atoms with Crippen molar-refractivity contribution in [3.8, 4) is 22.2 Å². The average molecular weight is 433 g/mol. The fraction of sp³-hybridized carbons (Fsp3) is 0.182. The highest BCUT2D eigenvalue weighted by Gasteiger charge is 2.29. The molecule has 0 saturated heterocycles. The van der Waals surface area contributed by atoms with Gasteiger partial charge in [-0.15, -0.1) is 16.9 Å². The van der Waals surface area contributed by atoms with Crippen molar-refractivity contribution in [3.05, 3.63) is 52.9 Å². The molecule has 2 amide bonds. The van der Waals surface area contributed by atoms with Crippen molar-refractivity contribution in [1.82, 2.24) is 15.0 Å². The maximum Gasteiger partial charge on any atom is 0.275 e. The van der Waals surface area contributed by atoms with Crippen molar-refractivity contribution in [2.75, 3.05) is 5.43 Å². The third kappa shape index (κ3) is 4.03. The van der Waals surface area contributed by atoms with Crippen LogP contribution in [-0.4, -0.2) is 34.9 Å². The van der Waals surface area contributed by atoms with Crippen LogP contribution in [0, 0.1) is 11.5 Å². The third-order valence-electron chi connectivity index (χ3n) is 4.34. The standard InChI is InChI=1S/C22H20N4O2SSi/c1-14-12-19(27)26(22(14)28)25-20-16-13-15(9-11-30(2,3)4)7-8-17(16)23-21(24-20)18-6-5-10-29-18/h5-8,10,12-13H,1-4H3,(H,23,24,25). The third-order valence-corrected chi connectivity index (χ3v) is 6.08. The Kier molecular flexibility index (Phi) is 5.01. The Bertz CT molecular complexity index is 1260. The Balaban J connectivity index is 1.84. The highest BCUT2D eigenvalue weighted by Crippen LogP contribution is 2.29. The number of amides is 2. The molecule has 0 spiro atoms. The lowest BCUT2D eigenvalue weighted by molar-refractivity contribution is -0.135. The second kappa shape index (κ2) is 7.52. The first-order valence-electron chi connectivity index (χ1n) is 9.43. The van der Waals surface area contributed by atoms with Gasteiger partial charge in [0.1, 0.15) is 8.07 Å². The first-order chi connectivity index (χ1) is 14.2. The fourth-order valence-electron chi connectivity index (χ4n) is 2.87. The van der Waals surface area contributed by atoms with Crippen LogP contribution in [0.15, 0.2) is 47.4 Å². The number of carbonyl (C=O) groups excluding carboxylic acids is 2. The molecule has 0 saturated carbocycles. The number of benzene rings is 1. The maximum absolute atomic E-state index is 12.4. The minimum atomic E-state index is -1.53. The summed E-state index contributed by atoms with van der Waals surface area (Å²) in [5, 5.41) is 3.63. The van der Waals surface area contributed by atoms with Gasteiger partial charge >= 0.3 is 0 Å². The molecule has 0 aliphatic carbocycles. The molecule has 2 aromatic heterocycles. The minimum Gasteiger partial charge on any atom is -0.271 e. The molecule has 30 heavy (non-hydrogen) atoms. The van der Waals surface area contributed by atoms with Crippen LogP contribution in [-0.2, 0) is 9.59 Å². The van der Waals surface area contributed by atoms with Gasteiger partial charge < -0.3 is 0 Å². The number of thiophene rings is 1. The lowest BCUT2D eigenvalue weighted by Gasteiger charge is -2.18. The molecule has 0 radical (unpaired) electrons. The largest absolute Gasteiger partial charge is 0.275 e. The van der Waals surface area contributed by atoms with E-state index in [1.54, 1.807) is 6.92 Å². The summed E-state index contributed by atoms with van der Waals surface area (Å²) in [6, 6.07) is 9.58. The first kappa shape index (κ1) is 20.0. The molecule has 150 valence electrons. The molecular weight excluding hydrogens is 412 g/mol. The molecule has 0 bridgehead atoms. The summed E-state index contributed by atoms with van der Waals surface area (Å²) < 4.78 is 0. The van der Waals surface area contributed by atoms with E-state index in [1.165, 1.54) is 17.4 Å². The van der Waals surface area contributed by atoms with Gasteiger partial charge in [-0.2, -0.15) is 5.01 Å². The molecule has 6 nitrogen and oxygen atoms in total. The predicted molar refractivity (Wildman–Crippen MR) is 122 cm³/mol. The number of hydrogen-bond donors (Lipinski definition) is 1. The molecule has 4 rings (SSSR count). The molecule has 1 aromatic carbocycles. The Morgan fingerprint density at radius 2 is 1.93 bits per heavy atom. The van der Waals surface area contributed by atoms with E-state index in [-0.39, 0.29) is 5.91 Å². The van der Waals surface area contributed by atoms with Crippen LogP contribution >= 0.6 is 11.3 Å². The minimum absolute atomic E-state index is 0.381. The van der Waals surface area contributed by atoms with Gasteiger partial charge in [-0.3, -0.25) is 15.0 Å². The van der Waals surface area contributed by atoms with Crippen LogP contribution in [0.5, 0.6) is 0 Å². The van der Waals surface area contributed by atoms with E-state index in [2.05, 4.69) is 46.5 Å². The molecule has 0 fully saturated rings. The van der Waals surface area contributed by atoms with Crippen molar-refractivity contribution in [3.63, 3.8) is 0 Å². The van der Waals surface area contributed by atoms with Gasteiger partial charge in [0, 0.05) is 22.6 Å². The number of anilines is 1. The number of nitrogens with one attached hydrogen (secondary N) is 1. The number of carbonyl (C=O) groups is 2. The number of hydrogen-bond acceptors (Lipinski definition) is 6. The van der Waals surface area contributed by atoms with E-state index in [0.717, 1.165) is 15.4 Å². The van der Waals surface area contributed by atoms with Gasteiger partial charge in [0.15, 0.2) is 11.6 Å². The van der Waals surface area contributed by atoms with Crippen LogP contribution in [0.25, 0.3) is 21.6 Å². The number of aromatic nitrogens is 2. The summed E-state index contributed by atoms with van der Waals surface area (Å²) in [5.74, 6) is 3.35. The Morgan fingerprint density at radius 1 is 1.13 bits per heavy atom. The highest BCUT2D eigenvalue weighted by atomic mass is 32.1. The van der Waals surface area contributed by atoms with Crippen LogP contribution in [0.1, 0.15) is 12.5 Å². The van der Waals surface area contributed by atoms with E-state index in [1.807, 2.05) is 35.7 Å². The van der Waals surface area contributed by atoms with Crippen molar-refractivity contribution in [2.24, 2.45) is 0 Å². The zero-order valence-corrected chi connectivity index (χ0v) is 18.9. The summed E-state index contributed by atoms with van der Waals surface area (Å²) in [5.41, 5.74) is 8.19. The Morgan fingerprint density at radius 3 is 2.57 bits per heavy atom. The quantitative estimate of drug-likeness (QED) is 0.381. The van der Waals surface area contributed by atoms with E-state index in [0.29, 0.717) is 28.1 Å². The number of imide groups is 1. The van der Waals surface area contributed by atoms with E-state index >= 15 is 0 Å². The maximum atomic E-state index is 12.4. The van der Waals surface area contributed by atoms with Gasteiger partial charge in [0.2, 0.25) is 0 Å². The molecular formula is C22H20N4O2SSi. The Labute approximate surface area is 179 Å². The van der Waals surface area contributed by atoms with Gasteiger partial charge in [0.05, 0.1) is 10.4 Å². The van der Waals surface area contributed by atoms with Crippen molar-refractivity contribution >= 4 is 47.9 Å². The van der Waals surface area contributed by atoms with Gasteiger partial charge in [-0.1, -0.05) is 31.6 Å². The Hall–Kier alpha value is -3.28. The first-order valence-corrected chi connectivity index (χ1v) is 13.8. The van der Waals surface area contributed by atoms with E-state index in [4.69, 9.17) is 0 Å². The zero-order chi connectivity index (χ0) is 21.5. The summed E-state index contributed by atoms with van der Waals surface area (Å²) >= 11 is 1.52. The van der Waals surface area contributed by atoms with Crippen molar-refractivity contribution < 1.29 is 9.59 Å². The molecule has 0 atom stereocenters. The second-order valence-corrected chi connectivity index (χ2v) is 13.7. The molecule has 1 aliphatic heterocycles. The fourth-order valence-corrected chi connectivity index (χ4v) is 4.04. The summed E-state index contributed by atoms with van der Waals surface area (Å²) in [6.45, 7) is 8.17. The highest BCUT2D eigenvalue weighted by molar-refractivity contribution is 7.13. The normalized spacial score (nSPS) is 14.0. The van der Waals surface area contributed by atoms with Crippen molar-refractivity contribution in [1.29, 1.82) is 0 Å². The van der Waals surface area contributed by atoms with Crippen molar-refractivity contribution in [2.45, 2.75) is 26.6 Å². The predicted octanol–water partition coefficient (Wildman–Crippen LogP) is 4.23. The molecule has 3 heterocycles. The number of hydrazine groups is 1.